The minimum absolute atomic E-state index is 1.10. The molecule has 0 N–H and O–H groups in total. The van der Waals surface area contributed by atoms with E-state index in [0.29, 0.717) is 0 Å². The highest BCUT2D eigenvalue weighted by atomic mass is 15.1. The van der Waals surface area contributed by atoms with Crippen LogP contribution in [-0.2, 0) is 6.54 Å². The molecule has 1 fully saturated rings. The minimum atomic E-state index is 1.10. The Labute approximate surface area is 109 Å². The first-order chi connectivity index (χ1) is 8.93. The molecule has 1 aliphatic rings. The highest BCUT2D eigenvalue weighted by Gasteiger charge is 2.13. The fourth-order valence-corrected chi connectivity index (χ4v) is 2.85. The Morgan fingerprint density at radius 2 is 1.72 bits per heavy atom. The average molecular weight is 241 g/mol. The molecule has 18 heavy (non-hydrogen) atoms. The van der Waals surface area contributed by atoms with Gasteiger partial charge in [0, 0.05) is 17.5 Å². The van der Waals surface area contributed by atoms with E-state index >= 15 is 0 Å². The van der Waals surface area contributed by atoms with E-state index in [-0.39, 0.29) is 0 Å². The highest BCUT2D eigenvalue weighted by molar-refractivity contribution is 5.74. The summed E-state index contributed by atoms with van der Waals surface area (Å²) in [7, 11) is 0. The SMILES string of the molecule is c1ccc2c(c1)ccc[n+]2CCN1CCCCC1. The van der Waals surface area contributed by atoms with Crippen LogP contribution in [-0.4, -0.2) is 24.5 Å². The van der Waals surface area contributed by atoms with Crippen LogP contribution < -0.4 is 4.57 Å². The number of hydrogen-bond donors (Lipinski definition) is 0. The molecule has 0 radical (unpaired) electrons. The highest BCUT2D eigenvalue weighted by Crippen LogP contribution is 2.09. The van der Waals surface area contributed by atoms with Crippen molar-refractivity contribution in [2.24, 2.45) is 0 Å². The second-order valence-corrected chi connectivity index (χ2v) is 5.16. The van der Waals surface area contributed by atoms with Gasteiger partial charge in [0.25, 0.3) is 0 Å². The van der Waals surface area contributed by atoms with Crippen LogP contribution in [0.5, 0.6) is 0 Å². The van der Waals surface area contributed by atoms with Gasteiger partial charge in [-0.05, 0) is 38.1 Å². The number of benzene rings is 1. The standard InChI is InChI=1S/C16H21N2/c1-4-10-17(11-5-1)13-14-18-12-6-8-15-7-2-3-9-16(15)18/h2-3,6-9,12H,1,4-5,10-11,13-14H2/q+1. The van der Waals surface area contributed by atoms with Gasteiger partial charge >= 0.3 is 0 Å². The van der Waals surface area contributed by atoms with Crippen LogP contribution in [0.3, 0.4) is 0 Å². The summed E-state index contributed by atoms with van der Waals surface area (Å²) in [6.07, 6.45) is 6.37. The van der Waals surface area contributed by atoms with Gasteiger partial charge in [0.2, 0.25) is 5.52 Å². The Bertz CT molecular complexity index is 510. The molecule has 0 spiro atoms. The molecule has 1 saturated heterocycles. The first-order valence-corrected chi connectivity index (χ1v) is 7.03. The summed E-state index contributed by atoms with van der Waals surface area (Å²) in [4.78, 5) is 2.60. The molecular formula is C16H21N2+. The zero-order valence-corrected chi connectivity index (χ0v) is 10.9. The van der Waals surface area contributed by atoms with Gasteiger partial charge in [0.05, 0.1) is 6.54 Å². The van der Waals surface area contributed by atoms with Crippen molar-refractivity contribution < 1.29 is 4.57 Å². The lowest BCUT2D eigenvalue weighted by molar-refractivity contribution is -0.671. The molecule has 1 aromatic heterocycles. The molecule has 2 nitrogen and oxygen atoms in total. The maximum atomic E-state index is 2.60. The van der Waals surface area contributed by atoms with Gasteiger partial charge in [-0.15, -0.1) is 0 Å². The van der Waals surface area contributed by atoms with Crippen LogP contribution in [0.1, 0.15) is 19.3 Å². The molecule has 2 heterocycles. The normalized spacial score (nSPS) is 17.1. The van der Waals surface area contributed by atoms with Gasteiger partial charge in [-0.3, -0.25) is 4.90 Å². The lowest BCUT2D eigenvalue weighted by Gasteiger charge is -2.25. The van der Waals surface area contributed by atoms with Crippen molar-refractivity contribution in [1.82, 2.24) is 4.90 Å². The van der Waals surface area contributed by atoms with Gasteiger partial charge in [0.1, 0.15) is 0 Å². The molecule has 0 aliphatic carbocycles. The number of likely N-dealkylation sites (tertiary alicyclic amines) is 1. The summed E-state index contributed by atoms with van der Waals surface area (Å²) in [5.41, 5.74) is 1.34. The lowest BCUT2D eigenvalue weighted by atomic mass is 10.1. The Morgan fingerprint density at radius 1 is 0.944 bits per heavy atom. The van der Waals surface area contributed by atoms with Gasteiger partial charge < -0.3 is 0 Å². The maximum Gasteiger partial charge on any atom is 0.212 e. The summed E-state index contributed by atoms with van der Waals surface area (Å²) in [6.45, 7) is 4.84. The minimum Gasteiger partial charge on any atom is -0.297 e. The summed E-state index contributed by atoms with van der Waals surface area (Å²) in [5, 5.41) is 1.33. The molecule has 2 heteroatoms. The first-order valence-electron chi connectivity index (χ1n) is 7.03. The third-order valence-corrected chi connectivity index (χ3v) is 3.89. The van der Waals surface area contributed by atoms with E-state index in [9.17, 15) is 0 Å². The molecule has 94 valence electrons. The molecule has 0 bridgehead atoms. The van der Waals surface area contributed by atoms with Crippen LogP contribution in [0.2, 0.25) is 0 Å². The molecule has 0 saturated carbocycles. The van der Waals surface area contributed by atoms with E-state index in [0.717, 1.165) is 6.54 Å². The predicted molar refractivity (Wildman–Crippen MR) is 74.4 cm³/mol. The van der Waals surface area contributed by atoms with Gasteiger partial charge in [-0.2, -0.15) is 4.57 Å². The fourth-order valence-electron chi connectivity index (χ4n) is 2.85. The van der Waals surface area contributed by atoms with Crippen LogP contribution in [0.4, 0.5) is 0 Å². The summed E-state index contributed by atoms with van der Waals surface area (Å²) in [6, 6.07) is 13.0. The smallest absolute Gasteiger partial charge is 0.212 e. The van der Waals surface area contributed by atoms with Crippen molar-refractivity contribution in [2.45, 2.75) is 25.8 Å². The van der Waals surface area contributed by atoms with Crippen molar-refractivity contribution in [3.05, 3.63) is 42.6 Å². The Hall–Kier alpha value is -1.41. The third kappa shape index (κ3) is 2.54. The van der Waals surface area contributed by atoms with Crippen molar-refractivity contribution in [3.8, 4) is 0 Å². The number of pyridine rings is 1. The fraction of sp³-hybridized carbons (Fsp3) is 0.438. The summed E-state index contributed by atoms with van der Waals surface area (Å²) >= 11 is 0. The largest absolute Gasteiger partial charge is 0.297 e. The van der Waals surface area contributed by atoms with Crippen molar-refractivity contribution in [1.29, 1.82) is 0 Å². The van der Waals surface area contributed by atoms with E-state index in [1.54, 1.807) is 0 Å². The predicted octanol–water partition coefficient (Wildman–Crippen LogP) is 2.61. The van der Waals surface area contributed by atoms with E-state index in [1.807, 2.05) is 0 Å². The Balaban J connectivity index is 1.74. The third-order valence-electron chi connectivity index (χ3n) is 3.89. The number of nitrogens with zero attached hydrogens (tertiary/aromatic N) is 2. The first kappa shape index (κ1) is 11.7. The van der Waals surface area contributed by atoms with Crippen LogP contribution in [0.15, 0.2) is 42.6 Å². The zero-order valence-electron chi connectivity index (χ0n) is 10.9. The molecule has 1 aromatic carbocycles. The maximum absolute atomic E-state index is 2.60. The molecule has 0 unspecified atom stereocenters. The van der Waals surface area contributed by atoms with E-state index < -0.39 is 0 Å². The molecular weight excluding hydrogens is 220 g/mol. The van der Waals surface area contributed by atoms with Crippen LogP contribution in [0, 0.1) is 0 Å². The molecule has 0 amide bonds. The summed E-state index contributed by atoms with van der Waals surface area (Å²) < 4.78 is 2.38. The molecule has 0 atom stereocenters. The van der Waals surface area contributed by atoms with E-state index in [1.165, 1.54) is 49.8 Å². The summed E-state index contributed by atoms with van der Waals surface area (Å²) in [5.74, 6) is 0. The monoisotopic (exact) mass is 241 g/mol. The Kier molecular flexibility index (Phi) is 3.56. The van der Waals surface area contributed by atoms with E-state index in [4.69, 9.17) is 0 Å². The number of fused-ring (bicyclic) bond motifs is 1. The quantitative estimate of drug-likeness (QED) is 0.749. The van der Waals surface area contributed by atoms with E-state index in [2.05, 4.69) is 52.1 Å². The van der Waals surface area contributed by atoms with Crippen molar-refractivity contribution >= 4 is 10.9 Å². The molecule has 1 aliphatic heterocycles. The van der Waals surface area contributed by atoms with Crippen molar-refractivity contribution in [2.75, 3.05) is 19.6 Å². The van der Waals surface area contributed by atoms with Gasteiger partial charge in [-0.1, -0.05) is 18.6 Å². The van der Waals surface area contributed by atoms with Crippen LogP contribution >= 0.6 is 0 Å². The number of aromatic nitrogens is 1. The van der Waals surface area contributed by atoms with Crippen molar-refractivity contribution in [3.63, 3.8) is 0 Å². The molecule has 2 aromatic rings. The second-order valence-electron chi connectivity index (χ2n) is 5.16. The number of hydrogen-bond acceptors (Lipinski definition) is 1. The van der Waals surface area contributed by atoms with Gasteiger partial charge in [-0.25, -0.2) is 0 Å². The zero-order chi connectivity index (χ0) is 12.2. The Morgan fingerprint density at radius 3 is 2.61 bits per heavy atom. The molecule has 3 rings (SSSR count). The topological polar surface area (TPSA) is 7.12 Å². The number of piperidine rings is 1. The lowest BCUT2D eigenvalue weighted by Crippen LogP contribution is -2.42. The number of para-hydroxylation sites is 1. The average Bonchev–Trinajstić information content (AvgIpc) is 2.46. The second kappa shape index (κ2) is 5.49. The number of rotatable bonds is 3. The van der Waals surface area contributed by atoms with Gasteiger partial charge in [0.15, 0.2) is 12.7 Å². The van der Waals surface area contributed by atoms with Crippen LogP contribution in [0.25, 0.3) is 10.9 Å².